The normalized spacial score (nSPS) is 11.1. The fraction of sp³-hybridized carbons (Fsp3) is 0.0909. The van der Waals surface area contributed by atoms with Gasteiger partial charge in [-0.2, -0.15) is 13.2 Å². The zero-order chi connectivity index (χ0) is 24.3. The van der Waals surface area contributed by atoms with Crippen molar-refractivity contribution >= 4 is 28.9 Å². The molecule has 2 amide bonds. The molecule has 0 aliphatic rings. The van der Waals surface area contributed by atoms with E-state index in [1.54, 1.807) is 0 Å². The molecular formula is C22H15F4N3O4. The quantitative estimate of drug-likeness (QED) is 0.295. The van der Waals surface area contributed by atoms with Crippen LogP contribution in [0.3, 0.4) is 0 Å². The van der Waals surface area contributed by atoms with Crippen molar-refractivity contribution in [2.75, 3.05) is 10.6 Å². The minimum absolute atomic E-state index is 0.0804. The summed E-state index contributed by atoms with van der Waals surface area (Å²) in [6.07, 6.45) is -4.90. The van der Waals surface area contributed by atoms with Crippen LogP contribution in [0.15, 0.2) is 60.7 Å². The zero-order valence-corrected chi connectivity index (χ0v) is 16.9. The average Bonchev–Trinajstić information content (AvgIpc) is 2.73. The molecule has 0 unspecified atom stereocenters. The number of anilines is 2. The summed E-state index contributed by atoms with van der Waals surface area (Å²) in [5.74, 6) is -2.70. The number of amides is 2. The van der Waals surface area contributed by atoms with E-state index in [0.29, 0.717) is 6.07 Å². The van der Waals surface area contributed by atoms with E-state index >= 15 is 0 Å². The van der Waals surface area contributed by atoms with Crippen molar-refractivity contribution in [3.8, 4) is 0 Å². The predicted octanol–water partition coefficient (Wildman–Crippen LogP) is 5.57. The van der Waals surface area contributed by atoms with Gasteiger partial charge in [0.15, 0.2) is 0 Å². The second kappa shape index (κ2) is 9.07. The van der Waals surface area contributed by atoms with Gasteiger partial charge in [-0.1, -0.05) is 12.1 Å². The van der Waals surface area contributed by atoms with Crippen LogP contribution in [0.4, 0.5) is 34.6 Å². The highest BCUT2D eigenvalue weighted by Gasteiger charge is 2.34. The Labute approximate surface area is 184 Å². The Hall–Kier alpha value is -4.28. The van der Waals surface area contributed by atoms with Gasteiger partial charge in [0.05, 0.1) is 21.7 Å². The number of nitro groups is 1. The summed E-state index contributed by atoms with van der Waals surface area (Å²) in [4.78, 5) is 34.9. The van der Waals surface area contributed by atoms with Gasteiger partial charge < -0.3 is 10.6 Å². The Morgan fingerprint density at radius 2 is 1.64 bits per heavy atom. The number of nitrogens with zero attached hydrogens (tertiary/aromatic N) is 1. The minimum atomic E-state index is -4.90. The lowest BCUT2D eigenvalue weighted by Crippen LogP contribution is -2.18. The van der Waals surface area contributed by atoms with Gasteiger partial charge in [0.25, 0.3) is 17.5 Å². The molecule has 170 valence electrons. The highest BCUT2D eigenvalue weighted by molar-refractivity contribution is 6.06. The maximum Gasteiger partial charge on any atom is 0.418 e. The van der Waals surface area contributed by atoms with E-state index in [4.69, 9.17) is 0 Å². The molecule has 11 heteroatoms. The fourth-order valence-corrected chi connectivity index (χ4v) is 3.01. The van der Waals surface area contributed by atoms with E-state index in [0.717, 1.165) is 30.3 Å². The number of rotatable bonds is 5. The summed E-state index contributed by atoms with van der Waals surface area (Å²) in [6.45, 7) is 1.39. The highest BCUT2D eigenvalue weighted by Crippen LogP contribution is 2.37. The molecule has 3 aromatic rings. The maximum atomic E-state index is 13.8. The summed E-state index contributed by atoms with van der Waals surface area (Å²) in [5, 5.41) is 15.2. The van der Waals surface area contributed by atoms with Crippen LogP contribution in [0.2, 0.25) is 0 Å². The Morgan fingerprint density at radius 1 is 0.939 bits per heavy atom. The molecule has 0 saturated carbocycles. The molecule has 0 aromatic heterocycles. The van der Waals surface area contributed by atoms with Crippen molar-refractivity contribution in [1.29, 1.82) is 0 Å². The third kappa shape index (κ3) is 5.32. The number of nitrogens with one attached hydrogen (secondary N) is 2. The van der Waals surface area contributed by atoms with Gasteiger partial charge >= 0.3 is 6.18 Å². The van der Waals surface area contributed by atoms with Crippen molar-refractivity contribution in [2.24, 2.45) is 0 Å². The lowest BCUT2D eigenvalue weighted by molar-refractivity contribution is -0.385. The monoisotopic (exact) mass is 461 g/mol. The number of carbonyl (C=O) groups is 2. The van der Waals surface area contributed by atoms with Crippen LogP contribution in [0, 0.1) is 22.9 Å². The van der Waals surface area contributed by atoms with Gasteiger partial charge in [0.1, 0.15) is 5.82 Å². The zero-order valence-electron chi connectivity index (χ0n) is 16.9. The van der Waals surface area contributed by atoms with Crippen LogP contribution in [0.1, 0.15) is 31.8 Å². The van der Waals surface area contributed by atoms with Crippen LogP contribution >= 0.6 is 0 Å². The van der Waals surface area contributed by atoms with E-state index in [1.165, 1.54) is 31.2 Å². The standard InChI is InChI=1S/C22H15F4N3O4/c1-12-10-13(6-9-19(12)29(32)33)20(30)28-18-8-7-14(11-16(18)22(24,25)26)27-21(31)15-4-2-3-5-17(15)23/h2-11H,1H3,(H,27,31)(H,28,30). The van der Waals surface area contributed by atoms with Crippen molar-refractivity contribution in [2.45, 2.75) is 13.1 Å². The fourth-order valence-electron chi connectivity index (χ4n) is 3.01. The molecule has 0 aliphatic carbocycles. The molecule has 2 N–H and O–H groups in total. The largest absolute Gasteiger partial charge is 0.418 e. The van der Waals surface area contributed by atoms with Crippen molar-refractivity contribution in [3.63, 3.8) is 0 Å². The molecule has 0 aliphatic heterocycles. The first-order valence-corrected chi connectivity index (χ1v) is 9.31. The number of hydrogen-bond donors (Lipinski definition) is 2. The van der Waals surface area contributed by atoms with Gasteiger partial charge in [-0.3, -0.25) is 19.7 Å². The number of halogens is 4. The first-order chi connectivity index (χ1) is 15.5. The molecule has 0 spiro atoms. The lowest BCUT2D eigenvalue weighted by atomic mass is 10.1. The average molecular weight is 461 g/mol. The second-order valence-electron chi connectivity index (χ2n) is 6.90. The summed E-state index contributed by atoms with van der Waals surface area (Å²) >= 11 is 0. The number of aryl methyl sites for hydroxylation is 1. The molecule has 3 aromatic carbocycles. The van der Waals surface area contributed by atoms with Crippen LogP contribution in [-0.2, 0) is 6.18 Å². The summed E-state index contributed by atoms with van der Waals surface area (Å²) < 4.78 is 54.6. The number of benzene rings is 3. The van der Waals surface area contributed by atoms with E-state index < -0.39 is 40.0 Å². The molecule has 0 bridgehead atoms. The van der Waals surface area contributed by atoms with Crippen LogP contribution in [0.25, 0.3) is 0 Å². The summed E-state index contributed by atoms with van der Waals surface area (Å²) in [6, 6.07) is 11.0. The minimum Gasteiger partial charge on any atom is -0.322 e. The maximum absolute atomic E-state index is 13.8. The smallest absolute Gasteiger partial charge is 0.322 e. The summed E-state index contributed by atoms with van der Waals surface area (Å²) in [7, 11) is 0. The number of hydrogen-bond acceptors (Lipinski definition) is 4. The first kappa shape index (κ1) is 23.4. The molecule has 7 nitrogen and oxygen atoms in total. The van der Waals surface area contributed by atoms with Crippen LogP contribution < -0.4 is 10.6 Å². The molecular weight excluding hydrogens is 446 g/mol. The first-order valence-electron chi connectivity index (χ1n) is 9.31. The Morgan fingerprint density at radius 3 is 2.24 bits per heavy atom. The second-order valence-corrected chi connectivity index (χ2v) is 6.90. The Balaban J connectivity index is 1.88. The van der Waals surface area contributed by atoms with Gasteiger partial charge in [-0.25, -0.2) is 4.39 Å². The molecule has 0 heterocycles. The summed E-state index contributed by atoms with van der Waals surface area (Å²) in [5.41, 5.74) is -2.61. The van der Waals surface area contributed by atoms with E-state index in [1.807, 2.05) is 0 Å². The van der Waals surface area contributed by atoms with Gasteiger partial charge in [0, 0.05) is 22.9 Å². The van der Waals surface area contributed by atoms with Crippen molar-refractivity contribution < 1.29 is 32.1 Å². The van der Waals surface area contributed by atoms with Gasteiger partial charge in [-0.05, 0) is 49.4 Å². The third-order valence-corrected chi connectivity index (χ3v) is 4.61. The van der Waals surface area contributed by atoms with Crippen molar-refractivity contribution in [3.05, 3.63) is 98.8 Å². The van der Waals surface area contributed by atoms with E-state index in [2.05, 4.69) is 10.6 Å². The van der Waals surface area contributed by atoms with Gasteiger partial charge in [-0.15, -0.1) is 0 Å². The molecule has 0 atom stereocenters. The molecule has 0 radical (unpaired) electrons. The van der Waals surface area contributed by atoms with Gasteiger partial charge in [0.2, 0.25) is 0 Å². The number of nitro benzene ring substituents is 1. The number of alkyl halides is 3. The third-order valence-electron chi connectivity index (χ3n) is 4.61. The van der Waals surface area contributed by atoms with Crippen LogP contribution in [-0.4, -0.2) is 16.7 Å². The topological polar surface area (TPSA) is 101 Å². The molecule has 33 heavy (non-hydrogen) atoms. The SMILES string of the molecule is Cc1cc(C(=O)Nc2ccc(NC(=O)c3ccccc3F)cc2C(F)(F)F)ccc1[N+](=O)[O-]. The Kier molecular flexibility index (Phi) is 6.43. The molecule has 3 rings (SSSR count). The predicted molar refractivity (Wildman–Crippen MR) is 112 cm³/mol. The van der Waals surface area contributed by atoms with E-state index in [9.17, 15) is 37.3 Å². The lowest BCUT2D eigenvalue weighted by Gasteiger charge is -2.16. The highest BCUT2D eigenvalue weighted by atomic mass is 19.4. The number of carbonyl (C=O) groups excluding carboxylic acids is 2. The van der Waals surface area contributed by atoms with Crippen molar-refractivity contribution in [1.82, 2.24) is 0 Å². The molecule has 0 fully saturated rings. The van der Waals surface area contributed by atoms with E-state index in [-0.39, 0.29) is 28.1 Å². The van der Waals surface area contributed by atoms with Crippen LogP contribution in [0.5, 0.6) is 0 Å². The molecule has 0 saturated heterocycles. The Bertz CT molecular complexity index is 1260.